The summed E-state index contributed by atoms with van der Waals surface area (Å²) in [6.45, 7) is 5.22. The topological polar surface area (TPSA) is 64.4 Å². The molecule has 2 aromatic rings. The highest BCUT2D eigenvalue weighted by Gasteiger charge is 2.22. The molecular weight excluding hydrogens is 348 g/mol. The van der Waals surface area contributed by atoms with Crippen LogP contribution in [-0.4, -0.2) is 12.5 Å². The second kappa shape index (κ2) is 9.06. The molecule has 0 radical (unpaired) electrons. The van der Waals surface area contributed by atoms with E-state index in [9.17, 15) is 4.79 Å². The highest BCUT2D eigenvalue weighted by atomic mass is 35.5. The number of nitrogens with two attached hydrogens (primary N) is 1. The number of carbonyl (C=O) groups excluding carboxylic acids is 1. The molecule has 1 fully saturated rings. The Hall–Kier alpha value is -2.04. The second-order valence-electron chi connectivity index (χ2n) is 6.97. The summed E-state index contributed by atoms with van der Waals surface area (Å²) >= 11 is 0. The van der Waals surface area contributed by atoms with Gasteiger partial charge < -0.3 is 15.8 Å². The fourth-order valence-corrected chi connectivity index (χ4v) is 2.65. The zero-order valence-corrected chi connectivity index (χ0v) is 16.1. The SMILES string of the molecule is Cc1ccc(C(N)C(=O)NCc2ccc(C)cc2OCC2CC2)cc1.Cl. The van der Waals surface area contributed by atoms with Gasteiger partial charge in [-0.15, -0.1) is 12.4 Å². The van der Waals surface area contributed by atoms with Crippen LogP contribution in [-0.2, 0) is 11.3 Å². The van der Waals surface area contributed by atoms with E-state index >= 15 is 0 Å². The van der Waals surface area contributed by atoms with E-state index in [1.165, 1.54) is 12.8 Å². The van der Waals surface area contributed by atoms with E-state index in [-0.39, 0.29) is 18.3 Å². The number of carbonyl (C=O) groups is 1. The van der Waals surface area contributed by atoms with Gasteiger partial charge in [0.25, 0.3) is 0 Å². The molecule has 4 nitrogen and oxygen atoms in total. The van der Waals surface area contributed by atoms with Gasteiger partial charge in [-0.3, -0.25) is 4.79 Å². The Balaban J connectivity index is 0.00000243. The summed E-state index contributed by atoms with van der Waals surface area (Å²) < 4.78 is 5.95. The van der Waals surface area contributed by atoms with Gasteiger partial charge in [0, 0.05) is 12.1 Å². The van der Waals surface area contributed by atoms with Crippen molar-refractivity contribution in [3.05, 3.63) is 64.7 Å². The normalized spacial score (nSPS) is 14.3. The van der Waals surface area contributed by atoms with Gasteiger partial charge in [-0.2, -0.15) is 0 Å². The lowest BCUT2D eigenvalue weighted by atomic mass is 10.1. The lowest BCUT2D eigenvalue weighted by Gasteiger charge is -2.15. The van der Waals surface area contributed by atoms with Gasteiger partial charge in [0.05, 0.1) is 6.61 Å². The zero-order valence-electron chi connectivity index (χ0n) is 15.3. The second-order valence-corrected chi connectivity index (χ2v) is 6.97. The van der Waals surface area contributed by atoms with E-state index in [1.54, 1.807) is 0 Å². The highest BCUT2D eigenvalue weighted by Crippen LogP contribution is 2.30. The number of nitrogens with one attached hydrogen (secondary N) is 1. The molecule has 0 heterocycles. The van der Waals surface area contributed by atoms with Gasteiger partial charge in [-0.25, -0.2) is 0 Å². The smallest absolute Gasteiger partial charge is 0.241 e. The summed E-state index contributed by atoms with van der Waals surface area (Å²) in [5.41, 5.74) is 10.2. The molecule has 0 bridgehead atoms. The standard InChI is InChI=1S/C21H26N2O2.ClH/c1-14-3-8-17(9-4-14)20(22)21(24)23-12-18-10-5-15(2)11-19(18)25-13-16-6-7-16;/h3-5,8-11,16,20H,6-7,12-13,22H2,1-2H3,(H,23,24);1H. The number of hydrogen-bond donors (Lipinski definition) is 2. The van der Waals surface area contributed by atoms with Gasteiger partial charge in [-0.05, 0) is 49.8 Å². The number of aryl methyl sites for hydroxylation is 2. The molecule has 3 N–H and O–H groups in total. The van der Waals surface area contributed by atoms with Crippen molar-refractivity contribution in [1.82, 2.24) is 5.32 Å². The molecular formula is C21H27ClN2O2. The highest BCUT2D eigenvalue weighted by molar-refractivity contribution is 5.85. The van der Waals surface area contributed by atoms with Crippen LogP contribution in [0.3, 0.4) is 0 Å². The molecule has 1 atom stereocenters. The Morgan fingerprint density at radius 3 is 2.46 bits per heavy atom. The molecule has 0 aliphatic heterocycles. The van der Waals surface area contributed by atoms with Crippen LogP contribution >= 0.6 is 12.4 Å². The fraction of sp³-hybridized carbons (Fsp3) is 0.381. The Bertz CT molecular complexity index is 742. The Morgan fingerprint density at radius 2 is 1.81 bits per heavy atom. The number of rotatable bonds is 7. The first-order chi connectivity index (χ1) is 12.0. The van der Waals surface area contributed by atoms with Crippen LogP contribution in [0.2, 0.25) is 0 Å². The Labute approximate surface area is 161 Å². The molecule has 140 valence electrons. The molecule has 3 rings (SSSR count). The molecule has 1 saturated carbocycles. The van der Waals surface area contributed by atoms with Crippen molar-refractivity contribution in [2.24, 2.45) is 11.7 Å². The Kier molecular flexibility index (Phi) is 7.06. The van der Waals surface area contributed by atoms with E-state index in [1.807, 2.05) is 56.3 Å². The van der Waals surface area contributed by atoms with Gasteiger partial charge in [0.2, 0.25) is 5.91 Å². The van der Waals surface area contributed by atoms with Crippen molar-refractivity contribution in [2.45, 2.75) is 39.3 Å². The van der Waals surface area contributed by atoms with E-state index in [4.69, 9.17) is 10.5 Å². The van der Waals surface area contributed by atoms with Crippen LogP contribution in [0.4, 0.5) is 0 Å². The van der Waals surface area contributed by atoms with E-state index < -0.39 is 6.04 Å². The molecule has 2 aromatic carbocycles. The van der Waals surface area contributed by atoms with Crippen molar-refractivity contribution in [2.75, 3.05) is 6.61 Å². The molecule has 1 amide bonds. The monoisotopic (exact) mass is 374 g/mol. The van der Waals surface area contributed by atoms with Gasteiger partial charge >= 0.3 is 0 Å². The van der Waals surface area contributed by atoms with Crippen molar-refractivity contribution in [3.8, 4) is 5.75 Å². The third kappa shape index (κ3) is 5.48. The average Bonchev–Trinajstić information content (AvgIpc) is 3.43. The number of hydrogen-bond acceptors (Lipinski definition) is 3. The zero-order chi connectivity index (χ0) is 17.8. The van der Waals surface area contributed by atoms with Crippen LogP contribution in [0.15, 0.2) is 42.5 Å². The van der Waals surface area contributed by atoms with E-state index in [0.29, 0.717) is 12.5 Å². The molecule has 5 heteroatoms. The van der Waals surface area contributed by atoms with Gasteiger partial charge in [0.15, 0.2) is 0 Å². The number of halogens is 1. The summed E-state index contributed by atoms with van der Waals surface area (Å²) in [6.07, 6.45) is 2.51. The lowest BCUT2D eigenvalue weighted by molar-refractivity contribution is -0.122. The van der Waals surface area contributed by atoms with E-state index in [2.05, 4.69) is 5.32 Å². The third-order valence-electron chi connectivity index (χ3n) is 4.57. The number of ether oxygens (including phenoxy) is 1. The minimum atomic E-state index is -0.665. The van der Waals surface area contributed by atoms with Crippen LogP contribution in [0, 0.1) is 19.8 Å². The summed E-state index contributed by atoms with van der Waals surface area (Å²) in [5, 5.41) is 2.93. The average molecular weight is 375 g/mol. The summed E-state index contributed by atoms with van der Waals surface area (Å²) in [5.74, 6) is 1.37. The third-order valence-corrected chi connectivity index (χ3v) is 4.57. The van der Waals surface area contributed by atoms with Crippen LogP contribution < -0.4 is 15.8 Å². The fourth-order valence-electron chi connectivity index (χ4n) is 2.65. The van der Waals surface area contributed by atoms with Gasteiger partial charge in [0.1, 0.15) is 11.8 Å². The van der Waals surface area contributed by atoms with Crippen LogP contribution in [0.5, 0.6) is 5.75 Å². The maximum atomic E-state index is 12.4. The van der Waals surface area contributed by atoms with E-state index in [0.717, 1.165) is 34.6 Å². The number of benzene rings is 2. The Morgan fingerprint density at radius 1 is 1.15 bits per heavy atom. The van der Waals surface area contributed by atoms with Crippen LogP contribution in [0.1, 0.15) is 41.1 Å². The first-order valence-electron chi connectivity index (χ1n) is 8.85. The van der Waals surface area contributed by atoms with Crippen molar-refractivity contribution >= 4 is 18.3 Å². The summed E-state index contributed by atoms with van der Waals surface area (Å²) in [4.78, 5) is 12.4. The van der Waals surface area contributed by atoms with Crippen LogP contribution in [0.25, 0.3) is 0 Å². The quantitative estimate of drug-likeness (QED) is 0.774. The van der Waals surface area contributed by atoms with Crippen molar-refractivity contribution in [3.63, 3.8) is 0 Å². The molecule has 0 aromatic heterocycles. The maximum Gasteiger partial charge on any atom is 0.241 e. The molecule has 0 saturated heterocycles. The van der Waals surface area contributed by atoms with Crippen molar-refractivity contribution in [1.29, 1.82) is 0 Å². The predicted octanol–water partition coefficient (Wildman–Crippen LogP) is 3.83. The minimum absolute atomic E-state index is 0. The largest absolute Gasteiger partial charge is 0.493 e. The minimum Gasteiger partial charge on any atom is -0.493 e. The molecule has 1 aliphatic rings. The number of amides is 1. The predicted molar refractivity (Wildman–Crippen MR) is 107 cm³/mol. The summed E-state index contributed by atoms with van der Waals surface area (Å²) in [7, 11) is 0. The molecule has 1 unspecified atom stereocenters. The molecule has 26 heavy (non-hydrogen) atoms. The molecule has 0 spiro atoms. The first-order valence-corrected chi connectivity index (χ1v) is 8.85. The molecule has 1 aliphatic carbocycles. The van der Waals surface area contributed by atoms with Gasteiger partial charge in [-0.1, -0.05) is 42.0 Å². The van der Waals surface area contributed by atoms with Crippen molar-refractivity contribution < 1.29 is 9.53 Å². The summed E-state index contributed by atoms with van der Waals surface area (Å²) in [6, 6.07) is 13.1. The first kappa shape index (κ1) is 20.3. The lowest BCUT2D eigenvalue weighted by Crippen LogP contribution is -2.33. The maximum absolute atomic E-state index is 12.4.